The van der Waals surface area contributed by atoms with Gasteiger partial charge in [-0.25, -0.2) is 9.37 Å². The molecule has 0 aliphatic carbocycles. The quantitative estimate of drug-likeness (QED) is 0.863. The summed E-state index contributed by atoms with van der Waals surface area (Å²) >= 11 is 0. The molecule has 0 spiro atoms. The number of nitrogens with one attached hydrogen (secondary N) is 1. The van der Waals surface area contributed by atoms with E-state index in [9.17, 15) is 9.18 Å². The van der Waals surface area contributed by atoms with Crippen molar-refractivity contribution in [3.63, 3.8) is 0 Å². The van der Waals surface area contributed by atoms with Gasteiger partial charge in [0.2, 0.25) is 0 Å². The third kappa shape index (κ3) is 2.46. The maximum Gasteiger partial charge on any atom is 0.254 e. The van der Waals surface area contributed by atoms with Crippen molar-refractivity contribution in [3.05, 3.63) is 51.7 Å². The van der Waals surface area contributed by atoms with Crippen LogP contribution in [0, 0.1) is 12.7 Å². The van der Waals surface area contributed by atoms with Gasteiger partial charge in [-0.2, -0.15) is 0 Å². The molecule has 0 aliphatic rings. The summed E-state index contributed by atoms with van der Waals surface area (Å²) in [6.07, 6.45) is 0.276. The molecule has 2 aromatic rings. The summed E-state index contributed by atoms with van der Waals surface area (Å²) in [5, 5.41) is 8.86. The van der Waals surface area contributed by atoms with Crippen molar-refractivity contribution in [3.8, 4) is 11.4 Å². The van der Waals surface area contributed by atoms with Crippen molar-refractivity contribution in [1.29, 1.82) is 0 Å². The zero-order chi connectivity index (χ0) is 13.1. The second kappa shape index (κ2) is 5.10. The molecule has 1 aromatic carbocycles. The van der Waals surface area contributed by atoms with Gasteiger partial charge >= 0.3 is 0 Å². The molecule has 18 heavy (non-hydrogen) atoms. The van der Waals surface area contributed by atoms with Gasteiger partial charge in [-0.3, -0.25) is 4.79 Å². The van der Waals surface area contributed by atoms with Gasteiger partial charge in [-0.1, -0.05) is 0 Å². The summed E-state index contributed by atoms with van der Waals surface area (Å²) in [7, 11) is 0. The van der Waals surface area contributed by atoms with Crippen molar-refractivity contribution in [2.75, 3.05) is 6.61 Å². The average Bonchev–Trinajstić information content (AvgIpc) is 2.34. The van der Waals surface area contributed by atoms with Crippen molar-refractivity contribution in [2.45, 2.75) is 13.3 Å². The minimum atomic E-state index is -0.338. The number of aromatic amines is 1. The highest BCUT2D eigenvalue weighted by Crippen LogP contribution is 2.15. The van der Waals surface area contributed by atoms with E-state index in [0.717, 1.165) is 0 Å². The minimum Gasteiger partial charge on any atom is -0.396 e. The third-order valence-electron chi connectivity index (χ3n) is 2.70. The lowest BCUT2D eigenvalue weighted by Crippen LogP contribution is -2.18. The van der Waals surface area contributed by atoms with E-state index in [1.54, 1.807) is 19.1 Å². The van der Waals surface area contributed by atoms with E-state index >= 15 is 0 Å². The van der Waals surface area contributed by atoms with Crippen LogP contribution in [0.2, 0.25) is 0 Å². The monoisotopic (exact) mass is 248 g/mol. The third-order valence-corrected chi connectivity index (χ3v) is 2.70. The predicted octanol–water partition coefficient (Wildman–Crippen LogP) is 1.42. The van der Waals surface area contributed by atoms with Crippen molar-refractivity contribution in [2.24, 2.45) is 0 Å². The molecule has 0 amide bonds. The largest absolute Gasteiger partial charge is 0.396 e. The molecule has 0 unspecified atom stereocenters. The highest BCUT2D eigenvalue weighted by molar-refractivity contribution is 5.54. The molecule has 0 radical (unpaired) electrons. The van der Waals surface area contributed by atoms with Gasteiger partial charge in [0.25, 0.3) is 5.56 Å². The Labute approximate surface area is 103 Å². The second-order valence-electron chi connectivity index (χ2n) is 3.96. The molecule has 0 fully saturated rings. The maximum absolute atomic E-state index is 12.8. The van der Waals surface area contributed by atoms with Crippen molar-refractivity contribution >= 4 is 0 Å². The highest BCUT2D eigenvalue weighted by atomic mass is 19.1. The Hall–Kier alpha value is -2.01. The number of aliphatic hydroxyl groups excluding tert-OH is 1. The molecule has 1 heterocycles. The van der Waals surface area contributed by atoms with Crippen LogP contribution in [0.1, 0.15) is 11.3 Å². The number of rotatable bonds is 3. The van der Waals surface area contributed by atoms with Crippen LogP contribution in [0.3, 0.4) is 0 Å². The molecule has 94 valence electrons. The SMILES string of the molecule is Cc1nc(-c2ccc(F)cc2)[nH]c(=O)c1CCO. The summed E-state index contributed by atoms with van der Waals surface area (Å²) in [4.78, 5) is 18.7. The van der Waals surface area contributed by atoms with Gasteiger partial charge in [0.15, 0.2) is 0 Å². The van der Waals surface area contributed by atoms with Crippen LogP contribution >= 0.6 is 0 Å². The van der Waals surface area contributed by atoms with Gasteiger partial charge in [0.05, 0.1) is 0 Å². The fourth-order valence-electron chi connectivity index (χ4n) is 1.76. The molecular weight excluding hydrogens is 235 g/mol. The molecule has 5 heteroatoms. The average molecular weight is 248 g/mol. The number of hydrogen-bond acceptors (Lipinski definition) is 3. The number of hydrogen-bond donors (Lipinski definition) is 2. The van der Waals surface area contributed by atoms with Crippen LogP contribution in [0.5, 0.6) is 0 Å². The summed E-state index contributed by atoms with van der Waals surface area (Å²) in [6.45, 7) is 1.62. The number of benzene rings is 1. The Kier molecular flexibility index (Phi) is 3.53. The van der Waals surface area contributed by atoms with Gasteiger partial charge in [0, 0.05) is 29.8 Å². The van der Waals surface area contributed by atoms with Gasteiger partial charge in [-0.15, -0.1) is 0 Å². The first-order valence-electron chi connectivity index (χ1n) is 5.58. The molecule has 4 nitrogen and oxygen atoms in total. The van der Waals surface area contributed by atoms with Crippen LogP contribution in [0.25, 0.3) is 11.4 Å². The first kappa shape index (κ1) is 12.4. The second-order valence-corrected chi connectivity index (χ2v) is 3.96. The van der Waals surface area contributed by atoms with E-state index < -0.39 is 0 Å². The number of aryl methyl sites for hydroxylation is 1. The zero-order valence-electron chi connectivity index (χ0n) is 9.90. The van der Waals surface area contributed by atoms with Crippen LogP contribution in [0.15, 0.2) is 29.1 Å². The molecule has 0 saturated carbocycles. The molecule has 2 rings (SSSR count). The van der Waals surface area contributed by atoms with Crippen LogP contribution in [-0.4, -0.2) is 21.7 Å². The summed E-state index contributed by atoms with van der Waals surface area (Å²) in [5.74, 6) is 0.0638. The summed E-state index contributed by atoms with van der Waals surface area (Å²) < 4.78 is 12.8. The van der Waals surface area contributed by atoms with Crippen LogP contribution in [0.4, 0.5) is 4.39 Å². The number of halogens is 1. The van der Waals surface area contributed by atoms with E-state index in [1.165, 1.54) is 12.1 Å². The van der Waals surface area contributed by atoms with Crippen LogP contribution < -0.4 is 5.56 Å². The van der Waals surface area contributed by atoms with E-state index in [4.69, 9.17) is 5.11 Å². The van der Waals surface area contributed by atoms with E-state index in [0.29, 0.717) is 22.6 Å². The fraction of sp³-hybridized carbons (Fsp3) is 0.231. The lowest BCUT2D eigenvalue weighted by molar-refractivity contribution is 0.298. The van der Waals surface area contributed by atoms with Gasteiger partial charge in [0.1, 0.15) is 11.6 Å². The number of aromatic nitrogens is 2. The topological polar surface area (TPSA) is 66.0 Å². The smallest absolute Gasteiger partial charge is 0.254 e. The predicted molar refractivity (Wildman–Crippen MR) is 65.8 cm³/mol. The lowest BCUT2D eigenvalue weighted by atomic mass is 10.1. The summed E-state index contributed by atoms with van der Waals surface area (Å²) in [6, 6.07) is 5.73. The molecular formula is C13H13FN2O2. The Morgan fingerprint density at radius 2 is 2.00 bits per heavy atom. The molecule has 0 atom stereocenters. The maximum atomic E-state index is 12.8. The molecule has 0 bridgehead atoms. The lowest BCUT2D eigenvalue weighted by Gasteiger charge is -2.06. The molecule has 0 aliphatic heterocycles. The number of aliphatic hydroxyl groups is 1. The van der Waals surface area contributed by atoms with Crippen molar-refractivity contribution in [1.82, 2.24) is 9.97 Å². The fourth-order valence-corrected chi connectivity index (χ4v) is 1.76. The molecule has 1 aromatic heterocycles. The van der Waals surface area contributed by atoms with E-state index in [-0.39, 0.29) is 24.4 Å². The van der Waals surface area contributed by atoms with E-state index in [2.05, 4.69) is 9.97 Å². The minimum absolute atomic E-state index is 0.0957. The zero-order valence-corrected chi connectivity index (χ0v) is 9.90. The first-order valence-corrected chi connectivity index (χ1v) is 5.58. The van der Waals surface area contributed by atoms with Gasteiger partial charge < -0.3 is 10.1 Å². The summed E-state index contributed by atoms with van der Waals surface area (Å²) in [5.41, 5.74) is 1.43. The highest BCUT2D eigenvalue weighted by Gasteiger charge is 2.08. The van der Waals surface area contributed by atoms with Crippen LogP contribution in [-0.2, 0) is 6.42 Å². The van der Waals surface area contributed by atoms with Gasteiger partial charge in [-0.05, 0) is 31.2 Å². The molecule has 0 saturated heterocycles. The Morgan fingerprint density at radius 1 is 1.33 bits per heavy atom. The standard InChI is InChI=1S/C13H13FN2O2/c1-8-11(6-7-17)13(18)16-12(15-8)9-2-4-10(14)5-3-9/h2-5,17H,6-7H2,1H3,(H,15,16,18). The van der Waals surface area contributed by atoms with E-state index in [1.807, 2.05) is 0 Å². The normalized spacial score (nSPS) is 10.6. The number of nitrogens with zero attached hydrogens (tertiary/aromatic N) is 1. The Balaban J connectivity index is 2.48. The first-order chi connectivity index (χ1) is 8.61. The molecule has 2 N–H and O–H groups in total. The Morgan fingerprint density at radius 3 is 2.56 bits per heavy atom. The Bertz CT molecular complexity index is 605. The van der Waals surface area contributed by atoms with Crippen molar-refractivity contribution < 1.29 is 9.50 Å². The number of H-pyrrole nitrogens is 1.